The van der Waals surface area contributed by atoms with Gasteiger partial charge < -0.3 is 4.42 Å². The van der Waals surface area contributed by atoms with Gasteiger partial charge in [-0.05, 0) is 59.0 Å². The van der Waals surface area contributed by atoms with Crippen LogP contribution in [0.1, 0.15) is 23.6 Å². The number of thiophene rings is 1. The lowest BCUT2D eigenvalue weighted by Crippen LogP contribution is -2.06. The summed E-state index contributed by atoms with van der Waals surface area (Å²) in [6.07, 6.45) is 4.01. The molecule has 0 bridgehead atoms. The SMILES string of the molecule is C1=C(c2nc(-c3ccccc3)nc(-c3ccc(-c4ccc(-c5nc6ccccc6c6sc7ccccc7c56)cc4)c4ccccc34)n2)c2oc3ccccc3c2CC1. The van der Waals surface area contributed by atoms with Crippen LogP contribution in [-0.2, 0) is 6.42 Å². The smallest absolute Gasteiger partial charge is 0.167 e. The van der Waals surface area contributed by atoms with E-state index >= 15 is 0 Å². The van der Waals surface area contributed by atoms with Crippen molar-refractivity contribution in [2.24, 2.45) is 0 Å². The Morgan fingerprint density at radius 2 is 1.10 bits per heavy atom. The second-order valence-electron chi connectivity index (χ2n) is 14.8. The van der Waals surface area contributed by atoms with E-state index in [1.54, 1.807) is 0 Å². The Morgan fingerprint density at radius 1 is 0.466 bits per heavy atom. The third-order valence-corrected chi connectivity index (χ3v) is 12.6. The van der Waals surface area contributed by atoms with Crippen LogP contribution in [0.4, 0.5) is 0 Å². The number of fused-ring (bicyclic) bond motifs is 9. The van der Waals surface area contributed by atoms with E-state index < -0.39 is 0 Å². The minimum absolute atomic E-state index is 0.613. The molecule has 1 aliphatic carbocycles. The number of allylic oxidation sites excluding steroid dienone is 1. The van der Waals surface area contributed by atoms with Gasteiger partial charge in [0.25, 0.3) is 0 Å². The van der Waals surface area contributed by atoms with Crippen molar-refractivity contribution >= 4 is 69.7 Å². The molecule has 0 saturated carbocycles. The zero-order chi connectivity index (χ0) is 38.2. The fourth-order valence-electron chi connectivity index (χ4n) is 8.72. The van der Waals surface area contributed by atoms with E-state index in [9.17, 15) is 0 Å². The maximum absolute atomic E-state index is 6.50. The first kappa shape index (κ1) is 32.9. The van der Waals surface area contributed by atoms with Crippen LogP contribution in [0.3, 0.4) is 0 Å². The van der Waals surface area contributed by atoms with E-state index in [0.29, 0.717) is 17.5 Å². The number of rotatable bonds is 5. The lowest BCUT2D eigenvalue weighted by Gasteiger charge is -2.15. The van der Waals surface area contributed by atoms with Crippen LogP contribution in [0.2, 0.25) is 0 Å². The van der Waals surface area contributed by atoms with Gasteiger partial charge >= 0.3 is 0 Å². The molecule has 58 heavy (non-hydrogen) atoms. The predicted octanol–water partition coefficient (Wildman–Crippen LogP) is 13.7. The summed E-state index contributed by atoms with van der Waals surface area (Å²) in [4.78, 5) is 20.7. The quantitative estimate of drug-likeness (QED) is 0.175. The summed E-state index contributed by atoms with van der Waals surface area (Å²) in [7, 11) is 0. The summed E-state index contributed by atoms with van der Waals surface area (Å²) in [5.74, 6) is 2.71. The highest BCUT2D eigenvalue weighted by Crippen LogP contribution is 2.44. The Balaban J connectivity index is 0.988. The number of para-hydroxylation sites is 2. The molecule has 0 unspecified atom stereocenters. The maximum atomic E-state index is 6.50. The van der Waals surface area contributed by atoms with E-state index in [2.05, 4.69) is 140 Å². The van der Waals surface area contributed by atoms with Crippen molar-refractivity contribution in [3.05, 3.63) is 187 Å². The lowest BCUT2D eigenvalue weighted by atomic mass is 9.93. The molecule has 0 fully saturated rings. The van der Waals surface area contributed by atoms with Crippen molar-refractivity contribution < 1.29 is 4.42 Å². The molecule has 0 amide bonds. The molecule has 5 nitrogen and oxygen atoms in total. The van der Waals surface area contributed by atoms with E-state index in [-0.39, 0.29) is 0 Å². The fraction of sp³-hybridized carbons (Fsp3) is 0.0385. The zero-order valence-electron chi connectivity index (χ0n) is 31.2. The second kappa shape index (κ2) is 13.2. The van der Waals surface area contributed by atoms with Crippen molar-refractivity contribution in [2.75, 3.05) is 0 Å². The summed E-state index contributed by atoms with van der Waals surface area (Å²) >= 11 is 1.85. The number of furan rings is 1. The first-order chi connectivity index (χ1) is 28.7. The first-order valence-corrected chi connectivity index (χ1v) is 20.4. The van der Waals surface area contributed by atoms with Crippen LogP contribution >= 0.6 is 11.3 Å². The molecule has 0 spiro atoms. The van der Waals surface area contributed by atoms with Crippen molar-refractivity contribution in [1.82, 2.24) is 19.9 Å². The van der Waals surface area contributed by atoms with Crippen LogP contribution in [0.25, 0.3) is 104 Å². The minimum Gasteiger partial charge on any atom is -0.456 e. The summed E-state index contributed by atoms with van der Waals surface area (Å²) in [5.41, 5.74) is 10.3. The minimum atomic E-state index is 0.613. The molecule has 0 saturated heterocycles. The number of pyridine rings is 1. The highest BCUT2D eigenvalue weighted by Gasteiger charge is 2.25. The molecule has 0 N–H and O–H groups in total. The molecule has 11 aromatic rings. The first-order valence-electron chi connectivity index (χ1n) is 19.6. The molecule has 7 aromatic carbocycles. The van der Waals surface area contributed by atoms with Gasteiger partial charge in [0.05, 0.1) is 16.8 Å². The summed E-state index contributed by atoms with van der Waals surface area (Å²) in [5, 5.41) is 7.01. The third-order valence-electron chi connectivity index (χ3n) is 11.4. The third kappa shape index (κ3) is 5.22. The van der Waals surface area contributed by atoms with Crippen LogP contribution < -0.4 is 0 Å². The van der Waals surface area contributed by atoms with Gasteiger partial charge in [-0.25, -0.2) is 19.9 Å². The molecule has 272 valence electrons. The summed E-state index contributed by atoms with van der Waals surface area (Å²) < 4.78 is 9.06. The number of benzene rings is 7. The predicted molar refractivity (Wildman–Crippen MR) is 239 cm³/mol. The van der Waals surface area contributed by atoms with Gasteiger partial charge in [0.15, 0.2) is 17.5 Å². The van der Waals surface area contributed by atoms with Gasteiger partial charge in [-0.2, -0.15) is 0 Å². The largest absolute Gasteiger partial charge is 0.456 e. The van der Waals surface area contributed by atoms with Crippen molar-refractivity contribution in [3.63, 3.8) is 0 Å². The molecule has 0 radical (unpaired) electrons. The van der Waals surface area contributed by atoms with Crippen LogP contribution in [0, 0.1) is 0 Å². The molecule has 4 heterocycles. The van der Waals surface area contributed by atoms with Crippen LogP contribution in [-0.4, -0.2) is 19.9 Å². The van der Waals surface area contributed by atoms with Gasteiger partial charge in [0, 0.05) is 53.2 Å². The van der Waals surface area contributed by atoms with Gasteiger partial charge in [-0.1, -0.05) is 146 Å². The number of hydrogen-bond donors (Lipinski definition) is 0. The topological polar surface area (TPSA) is 64.7 Å². The molecule has 4 aromatic heterocycles. The second-order valence-corrected chi connectivity index (χ2v) is 15.9. The summed E-state index contributed by atoms with van der Waals surface area (Å²) in [6.45, 7) is 0. The number of aryl methyl sites for hydroxylation is 1. The normalized spacial score (nSPS) is 12.8. The molecule has 1 aliphatic rings. The fourth-order valence-corrected chi connectivity index (χ4v) is 9.95. The Kier molecular flexibility index (Phi) is 7.46. The van der Waals surface area contributed by atoms with Gasteiger partial charge in [-0.3, -0.25) is 0 Å². The van der Waals surface area contributed by atoms with E-state index in [4.69, 9.17) is 24.4 Å². The summed E-state index contributed by atoms with van der Waals surface area (Å²) in [6, 6.07) is 57.4. The van der Waals surface area contributed by atoms with Crippen LogP contribution in [0.5, 0.6) is 0 Å². The highest BCUT2D eigenvalue weighted by molar-refractivity contribution is 7.26. The monoisotopic (exact) mass is 760 g/mol. The molecule has 12 rings (SSSR count). The standard InChI is InChI=1S/C52H32N4OS/c1-2-13-33(14-3-1)50-54-51(56-52(55-50)42-21-12-20-38-37-17-7-10-23-44(37)57-48(38)42)39-30-29-34(35-15-4-5-16-36(35)39)31-25-27-32(28-26-31)47-46-41-19-8-11-24-45(41)58-49(46)40-18-6-9-22-43(40)53-47/h1-11,13-19,21-30H,12,20H2. The average molecular weight is 761 g/mol. The Labute approximate surface area is 337 Å². The maximum Gasteiger partial charge on any atom is 0.167 e. The van der Waals surface area contributed by atoms with Crippen LogP contribution in [0.15, 0.2) is 174 Å². The van der Waals surface area contributed by atoms with Gasteiger partial charge in [0.1, 0.15) is 11.3 Å². The zero-order valence-corrected chi connectivity index (χ0v) is 32.0. The average Bonchev–Trinajstić information content (AvgIpc) is 3.88. The molecular weight excluding hydrogens is 729 g/mol. The Hall–Kier alpha value is -7.28. The van der Waals surface area contributed by atoms with E-state index in [1.165, 1.54) is 31.1 Å². The van der Waals surface area contributed by atoms with Gasteiger partial charge in [-0.15, -0.1) is 11.3 Å². The van der Waals surface area contributed by atoms with Gasteiger partial charge in [0.2, 0.25) is 0 Å². The van der Waals surface area contributed by atoms with E-state index in [0.717, 1.165) is 84.9 Å². The van der Waals surface area contributed by atoms with Crippen molar-refractivity contribution in [2.45, 2.75) is 12.8 Å². The highest BCUT2D eigenvalue weighted by atomic mass is 32.1. The molecule has 6 heteroatoms. The number of aromatic nitrogens is 4. The Bertz CT molecular complexity index is 3450. The number of hydrogen-bond acceptors (Lipinski definition) is 6. The molecule has 0 atom stereocenters. The van der Waals surface area contributed by atoms with E-state index in [1.807, 2.05) is 41.7 Å². The molecule has 0 aliphatic heterocycles. The van der Waals surface area contributed by atoms with Crippen molar-refractivity contribution in [3.8, 4) is 45.2 Å². The molecular formula is C52H32N4OS. The Morgan fingerprint density at radius 3 is 1.95 bits per heavy atom. The van der Waals surface area contributed by atoms with Crippen molar-refractivity contribution in [1.29, 1.82) is 0 Å². The number of nitrogens with zero attached hydrogens (tertiary/aromatic N) is 4. The lowest BCUT2D eigenvalue weighted by molar-refractivity contribution is 0.590.